The van der Waals surface area contributed by atoms with Gasteiger partial charge in [-0.05, 0) is 44.0 Å². The van der Waals surface area contributed by atoms with Crippen LogP contribution in [0.3, 0.4) is 0 Å². The lowest BCUT2D eigenvalue weighted by molar-refractivity contribution is -0.117. The van der Waals surface area contributed by atoms with E-state index in [9.17, 15) is 18.0 Å². The molecular weight excluding hydrogens is 360 g/mol. The van der Waals surface area contributed by atoms with Crippen molar-refractivity contribution in [3.8, 4) is 0 Å². The third-order valence-electron chi connectivity index (χ3n) is 4.03. The fraction of sp³-hybridized carbons (Fsp3) is 0.529. The third-order valence-corrected chi connectivity index (χ3v) is 6.96. The van der Waals surface area contributed by atoms with Crippen molar-refractivity contribution in [1.29, 1.82) is 0 Å². The molecule has 2 amide bonds. The summed E-state index contributed by atoms with van der Waals surface area (Å²) in [6.45, 7) is 3.03. The maximum Gasteiger partial charge on any atom is 0.264 e. The second-order valence-corrected chi connectivity index (χ2v) is 9.54. The molecule has 138 valence electrons. The summed E-state index contributed by atoms with van der Waals surface area (Å²) in [6, 6.07) is 5.76. The van der Waals surface area contributed by atoms with Crippen LogP contribution in [0.15, 0.2) is 29.2 Å². The molecule has 0 saturated heterocycles. The minimum atomic E-state index is -3.86. The van der Waals surface area contributed by atoms with Crippen LogP contribution in [0.1, 0.15) is 46.0 Å². The van der Waals surface area contributed by atoms with E-state index in [1.165, 1.54) is 43.5 Å². The lowest BCUT2D eigenvalue weighted by Crippen LogP contribution is -2.28. The maximum atomic E-state index is 12.3. The highest BCUT2D eigenvalue weighted by Gasteiger charge is 2.21. The van der Waals surface area contributed by atoms with E-state index in [1.54, 1.807) is 11.8 Å². The van der Waals surface area contributed by atoms with Gasteiger partial charge in [-0.15, -0.1) is 11.8 Å². The second-order valence-electron chi connectivity index (χ2n) is 6.21. The Morgan fingerprint density at radius 2 is 1.72 bits per heavy atom. The maximum absolute atomic E-state index is 12.3. The van der Waals surface area contributed by atoms with E-state index in [-0.39, 0.29) is 16.1 Å². The largest absolute Gasteiger partial charge is 0.325 e. The van der Waals surface area contributed by atoms with Crippen molar-refractivity contribution < 1.29 is 18.0 Å². The van der Waals surface area contributed by atoms with Crippen LogP contribution < -0.4 is 10.0 Å². The number of carbonyl (C=O) groups excluding carboxylic acids is 2. The van der Waals surface area contributed by atoms with E-state index in [2.05, 4.69) is 5.32 Å². The van der Waals surface area contributed by atoms with Crippen LogP contribution in [0.25, 0.3) is 0 Å². The lowest BCUT2D eigenvalue weighted by Gasteiger charge is -2.23. The molecule has 1 unspecified atom stereocenters. The van der Waals surface area contributed by atoms with E-state index in [0.717, 1.165) is 19.8 Å². The fourth-order valence-corrected chi connectivity index (χ4v) is 5.12. The molecule has 1 fully saturated rings. The molecule has 1 aliphatic carbocycles. The Balaban J connectivity index is 1.93. The van der Waals surface area contributed by atoms with Crippen molar-refractivity contribution in [2.24, 2.45) is 0 Å². The summed E-state index contributed by atoms with van der Waals surface area (Å²) in [4.78, 5) is 23.2. The number of nitrogens with one attached hydrogen (secondary N) is 2. The summed E-state index contributed by atoms with van der Waals surface area (Å²) in [7, 11) is -3.86. The van der Waals surface area contributed by atoms with Gasteiger partial charge < -0.3 is 5.32 Å². The van der Waals surface area contributed by atoms with E-state index < -0.39 is 15.9 Å². The molecule has 1 aromatic rings. The molecule has 1 saturated carbocycles. The van der Waals surface area contributed by atoms with Crippen molar-refractivity contribution in [2.75, 3.05) is 5.32 Å². The normalized spacial score (nSPS) is 16.9. The van der Waals surface area contributed by atoms with Gasteiger partial charge in [-0.3, -0.25) is 9.59 Å². The first kappa shape index (κ1) is 19.8. The standard InChI is InChI=1S/C17H24N2O4S2/c1-12(24-15-6-4-3-5-7-15)17(21)18-14-8-10-16(11-9-14)25(22,23)19-13(2)20/h8-12,15H,3-7H2,1-2H3,(H,18,21)(H,19,20). The predicted octanol–water partition coefficient (Wildman–Crippen LogP) is 2.90. The molecule has 0 radical (unpaired) electrons. The zero-order chi connectivity index (χ0) is 18.4. The Bertz CT molecular complexity index is 711. The predicted molar refractivity (Wildman–Crippen MR) is 100 cm³/mol. The molecule has 1 atom stereocenters. The number of amides is 2. The topological polar surface area (TPSA) is 92.3 Å². The summed E-state index contributed by atoms with van der Waals surface area (Å²) in [5, 5.41) is 3.19. The van der Waals surface area contributed by atoms with E-state index in [1.807, 2.05) is 11.6 Å². The van der Waals surface area contributed by atoms with Crippen LogP contribution in [0.4, 0.5) is 5.69 Å². The van der Waals surface area contributed by atoms with Gasteiger partial charge in [0.15, 0.2) is 0 Å². The van der Waals surface area contributed by atoms with Gasteiger partial charge in [-0.1, -0.05) is 19.3 Å². The summed E-state index contributed by atoms with van der Waals surface area (Å²) in [5.74, 6) is -0.737. The number of hydrogen-bond donors (Lipinski definition) is 2. The van der Waals surface area contributed by atoms with Crippen LogP contribution in [-0.2, 0) is 19.6 Å². The molecule has 2 rings (SSSR count). The summed E-state index contributed by atoms with van der Waals surface area (Å²) in [5.41, 5.74) is 0.530. The van der Waals surface area contributed by atoms with Gasteiger partial charge in [-0.25, -0.2) is 13.1 Å². The first-order valence-electron chi connectivity index (χ1n) is 8.38. The number of carbonyl (C=O) groups is 2. The number of benzene rings is 1. The third kappa shape index (κ3) is 6.04. The molecule has 25 heavy (non-hydrogen) atoms. The number of thioether (sulfide) groups is 1. The Hall–Kier alpha value is -1.54. The van der Waals surface area contributed by atoms with Crippen molar-refractivity contribution in [3.05, 3.63) is 24.3 Å². The molecule has 6 nitrogen and oxygen atoms in total. The van der Waals surface area contributed by atoms with Gasteiger partial charge in [-0.2, -0.15) is 0 Å². The molecular formula is C17H24N2O4S2. The van der Waals surface area contributed by atoms with Crippen LogP contribution >= 0.6 is 11.8 Å². The molecule has 2 N–H and O–H groups in total. The first-order chi connectivity index (χ1) is 11.8. The quantitative estimate of drug-likeness (QED) is 0.787. The Morgan fingerprint density at radius 1 is 1.12 bits per heavy atom. The minimum absolute atomic E-state index is 0.0228. The Kier molecular flexibility index (Phi) is 6.89. The molecule has 0 heterocycles. The smallest absolute Gasteiger partial charge is 0.264 e. The van der Waals surface area contributed by atoms with Gasteiger partial charge in [0.05, 0.1) is 10.1 Å². The molecule has 0 spiro atoms. The summed E-state index contributed by atoms with van der Waals surface area (Å²) in [6.07, 6.45) is 6.08. The van der Waals surface area contributed by atoms with Crippen LogP contribution in [0.2, 0.25) is 0 Å². The first-order valence-corrected chi connectivity index (χ1v) is 10.8. The monoisotopic (exact) mass is 384 g/mol. The molecule has 8 heteroatoms. The van der Waals surface area contributed by atoms with Crippen LogP contribution in [-0.4, -0.2) is 30.7 Å². The van der Waals surface area contributed by atoms with Crippen LogP contribution in [0.5, 0.6) is 0 Å². The zero-order valence-corrected chi connectivity index (χ0v) is 16.1. The van der Waals surface area contributed by atoms with Crippen molar-refractivity contribution >= 4 is 39.3 Å². The van der Waals surface area contributed by atoms with Gasteiger partial charge in [0.25, 0.3) is 10.0 Å². The average Bonchev–Trinajstić information content (AvgIpc) is 2.55. The van der Waals surface area contributed by atoms with Crippen molar-refractivity contribution in [3.63, 3.8) is 0 Å². The van der Waals surface area contributed by atoms with Gasteiger partial charge in [0.2, 0.25) is 11.8 Å². The zero-order valence-electron chi connectivity index (χ0n) is 14.4. The van der Waals surface area contributed by atoms with Gasteiger partial charge >= 0.3 is 0 Å². The van der Waals surface area contributed by atoms with Gasteiger partial charge in [0, 0.05) is 17.9 Å². The minimum Gasteiger partial charge on any atom is -0.325 e. The average molecular weight is 385 g/mol. The SMILES string of the molecule is CC(=O)NS(=O)(=O)c1ccc(NC(=O)C(C)SC2CCCCC2)cc1. The van der Waals surface area contributed by atoms with Crippen molar-refractivity contribution in [1.82, 2.24) is 4.72 Å². The van der Waals surface area contributed by atoms with Crippen LogP contribution in [0, 0.1) is 0 Å². The highest BCUT2D eigenvalue weighted by atomic mass is 32.2. The number of anilines is 1. The second kappa shape index (κ2) is 8.71. The van der Waals surface area contributed by atoms with Gasteiger partial charge in [0.1, 0.15) is 0 Å². The highest BCUT2D eigenvalue weighted by molar-refractivity contribution is 8.01. The summed E-state index contributed by atoms with van der Waals surface area (Å²) >= 11 is 1.71. The van der Waals surface area contributed by atoms with E-state index >= 15 is 0 Å². The molecule has 1 aliphatic rings. The number of sulfonamides is 1. The summed E-state index contributed by atoms with van der Waals surface area (Å²) < 4.78 is 25.7. The Labute approximate surface area is 153 Å². The lowest BCUT2D eigenvalue weighted by atomic mass is 10.0. The highest BCUT2D eigenvalue weighted by Crippen LogP contribution is 2.31. The number of hydrogen-bond acceptors (Lipinski definition) is 5. The van der Waals surface area contributed by atoms with E-state index in [0.29, 0.717) is 10.9 Å². The van der Waals surface area contributed by atoms with E-state index in [4.69, 9.17) is 0 Å². The molecule has 0 aliphatic heterocycles. The fourth-order valence-electron chi connectivity index (χ4n) is 2.76. The number of rotatable bonds is 6. The molecule has 0 bridgehead atoms. The molecule has 0 aromatic heterocycles. The molecule has 1 aromatic carbocycles. The van der Waals surface area contributed by atoms with Crippen molar-refractivity contribution in [2.45, 2.75) is 61.3 Å². The Morgan fingerprint density at radius 3 is 2.28 bits per heavy atom.